The SMILES string of the molecule is CN1CCN=C1c1ccc(-c2cc(CCC(=O)c3ccc(Cl)s3)on2)cc1. The van der Waals surface area contributed by atoms with Crippen molar-refractivity contribution >= 4 is 34.6 Å². The highest BCUT2D eigenvalue weighted by Gasteiger charge is 2.15. The van der Waals surface area contributed by atoms with Crippen molar-refractivity contribution in [3.63, 3.8) is 0 Å². The number of amidine groups is 1. The Hall–Kier alpha value is -2.44. The first-order chi connectivity index (χ1) is 13.1. The summed E-state index contributed by atoms with van der Waals surface area (Å²) in [7, 11) is 2.05. The normalized spacial score (nSPS) is 13.9. The third-order valence-electron chi connectivity index (χ3n) is 4.50. The lowest BCUT2D eigenvalue weighted by Gasteiger charge is -2.13. The molecule has 4 rings (SSSR count). The van der Waals surface area contributed by atoms with Crippen molar-refractivity contribution in [2.24, 2.45) is 4.99 Å². The number of hydrogen-bond acceptors (Lipinski definition) is 6. The monoisotopic (exact) mass is 399 g/mol. The fourth-order valence-electron chi connectivity index (χ4n) is 3.03. The molecule has 0 aliphatic carbocycles. The molecule has 0 atom stereocenters. The van der Waals surface area contributed by atoms with E-state index in [2.05, 4.69) is 22.1 Å². The van der Waals surface area contributed by atoms with Crippen LogP contribution in [0, 0.1) is 0 Å². The van der Waals surface area contributed by atoms with Crippen LogP contribution in [-0.4, -0.2) is 41.8 Å². The largest absolute Gasteiger partial charge is 0.361 e. The lowest BCUT2D eigenvalue weighted by molar-refractivity contribution is 0.0984. The molecule has 0 N–H and O–H groups in total. The van der Waals surface area contributed by atoms with Gasteiger partial charge in [0.05, 0.1) is 15.8 Å². The first-order valence-corrected chi connectivity index (χ1v) is 9.90. The standard InChI is InChI=1S/C20H18ClN3O2S/c1-24-11-10-22-20(24)14-4-2-13(3-5-14)16-12-15(26-23-16)6-7-17(25)18-8-9-19(21)27-18/h2-5,8-9,12H,6-7,10-11H2,1H3. The zero-order valence-corrected chi connectivity index (χ0v) is 16.4. The average Bonchev–Trinajstić information content (AvgIpc) is 3.41. The number of aryl methyl sites for hydroxylation is 1. The topological polar surface area (TPSA) is 58.7 Å². The minimum atomic E-state index is 0.0654. The molecule has 0 fully saturated rings. The van der Waals surface area contributed by atoms with Crippen molar-refractivity contribution in [3.05, 3.63) is 63.0 Å². The van der Waals surface area contributed by atoms with Crippen LogP contribution < -0.4 is 0 Å². The number of likely N-dealkylation sites (N-methyl/N-ethyl adjacent to an activating group) is 1. The number of aromatic nitrogens is 1. The van der Waals surface area contributed by atoms with E-state index in [9.17, 15) is 4.79 Å². The molecule has 138 valence electrons. The van der Waals surface area contributed by atoms with Crippen LogP contribution in [0.1, 0.15) is 27.4 Å². The van der Waals surface area contributed by atoms with Gasteiger partial charge in [0, 0.05) is 43.6 Å². The van der Waals surface area contributed by atoms with Gasteiger partial charge in [-0.2, -0.15) is 0 Å². The van der Waals surface area contributed by atoms with Gasteiger partial charge in [0.15, 0.2) is 5.78 Å². The molecule has 5 nitrogen and oxygen atoms in total. The van der Waals surface area contributed by atoms with E-state index in [4.69, 9.17) is 16.1 Å². The molecule has 0 amide bonds. The zero-order chi connectivity index (χ0) is 18.8. The van der Waals surface area contributed by atoms with Gasteiger partial charge in [-0.05, 0) is 12.1 Å². The van der Waals surface area contributed by atoms with Gasteiger partial charge in [0.2, 0.25) is 0 Å². The first kappa shape index (κ1) is 17.9. The Balaban J connectivity index is 1.41. The number of thiophene rings is 1. The van der Waals surface area contributed by atoms with E-state index in [0.717, 1.165) is 35.7 Å². The molecule has 3 aromatic rings. The number of Topliss-reactive ketones (excluding diaryl/α,β-unsaturated/α-hetero) is 1. The lowest BCUT2D eigenvalue weighted by Crippen LogP contribution is -2.23. The Morgan fingerprint density at radius 3 is 2.67 bits per heavy atom. The van der Waals surface area contributed by atoms with Crippen molar-refractivity contribution < 1.29 is 9.32 Å². The van der Waals surface area contributed by atoms with Crippen molar-refractivity contribution in [1.82, 2.24) is 10.1 Å². The van der Waals surface area contributed by atoms with Gasteiger partial charge in [-0.3, -0.25) is 9.79 Å². The molecule has 3 heterocycles. The zero-order valence-electron chi connectivity index (χ0n) is 14.8. The predicted molar refractivity (Wildman–Crippen MR) is 108 cm³/mol. The number of carbonyl (C=O) groups is 1. The van der Waals surface area contributed by atoms with Gasteiger partial charge in [-0.1, -0.05) is 41.0 Å². The minimum absolute atomic E-state index is 0.0654. The second-order valence-corrected chi connectivity index (χ2v) is 8.12. The average molecular weight is 400 g/mol. The van der Waals surface area contributed by atoms with E-state index in [0.29, 0.717) is 27.8 Å². The van der Waals surface area contributed by atoms with Crippen LogP contribution in [-0.2, 0) is 6.42 Å². The van der Waals surface area contributed by atoms with Crippen molar-refractivity contribution in [2.45, 2.75) is 12.8 Å². The van der Waals surface area contributed by atoms with Gasteiger partial charge in [-0.25, -0.2) is 0 Å². The maximum Gasteiger partial charge on any atom is 0.173 e. The van der Waals surface area contributed by atoms with Gasteiger partial charge in [-0.15, -0.1) is 11.3 Å². The maximum absolute atomic E-state index is 12.2. The van der Waals surface area contributed by atoms with E-state index < -0.39 is 0 Å². The van der Waals surface area contributed by atoms with Crippen LogP contribution in [0.15, 0.2) is 52.0 Å². The molecule has 2 aromatic heterocycles. The Kier molecular flexibility index (Phi) is 5.09. The first-order valence-electron chi connectivity index (χ1n) is 8.71. The molecule has 0 spiro atoms. The molecule has 27 heavy (non-hydrogen) atoms. The molecule has 0 saturated heterocycles. The number of rotatable bonds is 6. The molecule has 1 aromatic carbocycles. The van der Waals surface area contributed by atoms with E-state index >= 15 is 0 Å². The molecule has 0 unspecified atom stereocenters. The number of aliphatic imine (C=N–C) groups is 1. The number of halogens is 1. The van der Waals surface area contributed by atoms with Gasteiger partial charge >= 0.3 is 0 Å². The van der Waals surface area contributed by atoms with Crippen LogP contribution >= 0.6 is 22.9 Å². The summed E-state index contributed by atoms with van der Waals surface area (Å²) in [5.74, 6) is 1.79. The van der Waals surface area contributed by atoms with Crippen LogP contribution in [0.4, 0.5) is 0 Å². The molecular formula is C20H18ClN3O2S. The van der Waals surface area contributed by atoms with Crippen LogP contribution in [0.5, 0.6) is 0 Å². The van der Waals surface area contributed by atoms with Crippen molar-refractivity contribution in [3.8, 4) is 11.3 Å². The smallest absolute Gasteiger partial charge is 0.173 e. The Bertz CT molecular complexity index is 991. The number of hydrogen-bond donors (Lipinski definition) is 0. The summed E-state index contributed by atoms with van der Waals surface area (Å²) in [5.41, 5.74) is 2.85. The van der Waals surface area contributed by atoms with E-state index in [1.165, 1.54) is 11.3 Å². The fraction of sp³-hybridized carbons (Fsp3) is 0.250. The molecule has 1 aliphatic rings. The summed E-state index contributed by atoms with van der Waals surface area (Å²) >= 11 is 7.18. The van der Waals surface area contributed by atoms with Crippen LogP contribution in [0.3, 0.4) is 0 Å². The minimum Gasteiger partial charge on any atom is -0.361 e. The maximum atomic E-state index is 12.2. The Morgan fingerprint density at radius 1 is 1.22 bits per heavy atom. The summed E-state index contributed by atoms with van der Waals surface area (Å²) in [4.78, 5) is 19.5. The fourth-order valence-corrected chi connectivity index (χ4v) is 4.04. The van der Waals surface area contributed by atoms with Gasteiger partial charge < -0.3 is 9.42 Å². The highest BCUT2D eigenvalue weighted by Crippen LogP contribution is 2.24. The summed E-state index contributed by atoms with van der Waals surface area (Å²) in [6, 6.07) is 13.5. The number of nitrogens with zero attached hydrogens (tertiary/aromatic N) is 3. The van der Waals surface area contributed by atoms with Crippen LogP contribution in [0.2, 0.25) is 4.34 Å². The van der Waals surface area contributed by atoms with Gasteiger partial charge in [0.25, 0.3) is 0 Å². The highest BCUT2D eigenvalue weighted by atomic mass is 35.5. The molecule has 1 aliphatic heterocycles. The predicted octanol–water partition coefficient (Wildman–Crippen LogP) is 4.56. The Labute approximate surface area is 166 Å². The number of ketones is 1. The van der Waals surface area contributed by atoms with Crippen LogP contribution in [0.25, 0.3) is 11.3 Å². The summed E-state index contributed by atoms with van der Waals surface area (Å²) in [6.45, 7) is 1.80. The van der Waals surface area contributed by atoms with E-state index in [-0.39, 0.29) is 5.78 Å². The van der Waals surface area contributed by atoms with E-state index in [1.54, 1.807) is 12.1 Å². The number of benzene rings is 1. The molecule has 0 saturated carbocycles. The second kappa shape index (κ2) is 7.66. The molecule has 0 bridgehead atoms. The number of carbonyl (C=O) groups excluding carboxylic acids is 1. The summed E-state index contributed by atoms with van der Waals surface area (Å²) < 4.78 is 6.02. The Morgan fingerprint density at radius 2 is 2.00 bits per heavy atom. The van der Waals surface area contributed by atoms with E-state index in [1.807, 2.05) is 30.3 Å². The molecule has 0 radical (unpaired) electrons. The van der Waals surface area contributed by atoms with Gasteiger partial charge in [0.1, 0.15) is 17.3 Å². The van der Waals surface area contributed by atoms with Crippen molar-refractivity contribution in [1.29, 1.82) is 0 Å². The second-order valence-electron chi connectivity index (χ2n) is 6.41. The summed E-state index contributed by atoms with van der Waals surface area (Å²) in [5, 5.41) is 4.14. The quantitative estimate of drug-likeness (QED) is 0.570. The molecular weight excluding hydrogens is 382 g/mol. The van der Waals surface area contributed by atoms with Crippen molar-refractivity contribution in [2.75, 3.05) is 20.1 Å². The summed E-state index contributed by atoms with van der Waals surface area (Å²) in [6.07, 6.45) is 0.887. The molecule has 7 heteroatoms. The third-order valence-corrected chi connectivity index (χ3v) is 5.78. The lowest BCUT2D eigenvalue weighted by atomic mass is 10.1. The highest BCUT2D eigenvalue weighted by molar-refractivity contribution is 7.18. The third kappa shape index (κ3) is 3.96.